The van der Waals surface area contributed by atoms with Gasteiger partial charge in [-0.25, -0.2) is 4.79 Å². The number of aryl methyl sites for hydroxylation is 2. The largest absolute Gasteiger partial charge is 0.338 e. The number of pyridine rings is 1. The summed E-state index contributed by atoms with van der Waals surface area (Å²) >= 11 is 5.85. The summed E-state index contributed by atoms with van der Waals surface area (Å²) in [6, 6.07) is 6.35. The van der Waals surface area contributed by atoms with Crippen LogP contribution in [0.3, 0.4) is 0 Å². The van der Waals surface area contributed by atoms with E-state index in [0.717, 1.165) is 50.9 Å². The smallest absolute Gasteiger partial charge is 0.317 e. The minimum atomic E-state index is 0.0502. The van der Waals surface area contributed by atoms with Gasteiger partial charge < -0.3 is 10.2 Å². The number of aromatic nitrogens is 3. The van der Waals surface area contributed by atoms with Crippen molar-refractivity contribution in [3.8, 4) is 0 Å². The lowest BCUT2D eigenvalue weighted by molar-refractivity contribution is 0.146. The molecule has 6 nitrogen and oxygen atoms in total. The molecule has 7 heteroatoms. The predicted molar refractivity (Wildman–Crippen MR) is 102 cm³/mol. The Bertz CT molecular complexity index is 690. The molecule has 1 fully saturated rings. The van der Waals surface area contributed by atoms with Crippen LogP contribution in [-0.4, -0.2) is 44.8 Å². The molecule has 140 valence electrons. The second-order valence-electron chi connectivity index (χ2n) is 6.71. The molecule has 1 saturated heterocycles. The van der Waals surface area contributed by atoms with Crippen LogP contribution < -0.4 is 5.32 Å². The van der Waals surface area contributed by atoms with Crippen LogP contribution in [0.4, 0.5) is 4.79 Å². The zero-order valence-corrected chi connectivity index (χ0v) is 15.7. The molecular formula is C19H26ClN5O. The van der Waals surface area contributed by atoms with E-state index in [9.17, 15) is 4.79 Å². The van der Waals surface area contributed by atoms with Gasteiger partial charge in [-0.3, -0.25) is 9.67 Å². The van der Waals surface area contributed by atoms with Crippen LogP contribution >= 0.6 is 11.6 Å². The lowest BCUT2D eigenvalue weighted by Gasteiger charge is -2.35. The first-order valence-electron chi connectivity index (χ1n) is 9.35. The third-order valence-electron chi connectivity index (χ3n) is 4.79. The Morgan fingerprint density at radius 3 is 3.04 bits per heavy atom. The molecule has 0 bridgehead atoms. The Labute approximate surface area is 159 Å². The van der Waals surface area contributed by atoms with Gasteiger partial charge >= 0.3 is 6.03 Å². The van der Waals surface area contributed by atoms with E-state index in [1.165, 1.54) is 6.42 Å². The lowest BCUT2D eigenvalue weighted by Crippen LogP contribution is -2.49. The van der Waals surface area contributed by atoms with E-state index in [0.29, 0.717) is 17.6 Å². The monoisotopic (exact) mass is 375 g/mol. The SMILES string of the molecule is O=C(NCCCn1cc(Cl)cn1)N1CCCC[C@H]1CCc1ccccn1. The first-order valence-corrected chi connectivity index (χ1v) is 9.72. The number of nitrogens with one attached hydrogen (secondary N) is 1. The van der Waals surface area contributed by atoms with Crippen LogP contribution in [0.1, 0.15) is 37.8 Å². The number of carbonyl (C=O) groups is 1. The Kier molecular flexibility index (Phi) is 6.89. The number of halogens is 1. The number of likely N-dealkylation sites (tertiary alicyclic amines) is 1. The molecular weight excluding hydrogens is 350 g/mol. The van der Waals surface area contributed by atoms with Crippen molar-refractivity contribution in [2.75, 3.05) is 13.1 Å². The number of amides is 2. The van der Waals surface area contributed by atoms with Crippen molar-refractivity contribution in [3.63, 3.8) is 0 Å². The third-order valence-corrected chi connectivity index (χ3v) is 4.98. The fraction of sp³-hybridized carbons (Fsp3) is 0.526. The van der Waals surface area contributed by atoms with E-state index in [1.807, 2.05) is 23.2 Å². The summed E-state index contributed by atoms with van der Waals surface area (Å²) in [5.41, 5.74) is 1.09. The van der Waals surface area contributed by atoms with Crippen LogP contribution in [0.5, 0.6) is 0 Å². The maximum atomic E-state index is 12.6. The highest BCUT2D eigenvalue weighted by Gasteiger charge is 2.26. The van der Waals surface area contributed by atoms with E-state index < -0.39 is 0 Å². The van der Waals surface area contributed by atoms with Gasteiger partial charge in [-0.2, -0.15) is 5.10 Å². The van der Waals surface area contributed by atoms with Gasteiger partial charge in [0.05, 0.1) is 11.2 Å². The fourth-order valence-corrected chi connectivity index (χ4v) is 3.58. The second kappa shape index (κ2) is 9.57. The second-order valence-corrected chi connectivity index (χ2v) is 7.15. The highest BCUT2D eigenvalue weighted by molar-refractivity contribution is 6.30. The van der Waals surface area contributed by atoms with Gasteiger partial charge in [0.2, 0.25) is 0 Å². The van der Waals surface area contributed by atoms with Gasteiger partial charge in [0.1, 0.15) is 0 Å². The highest BCUT2D eigenvalue weighted by atomic mass is 35.5. The van der Waals surface area contributed by atoms with Crippen LogP contribution in [0.2, 0.25) is 5.02 Å². The maximum absolute atomic E-state index is 12.6. The molecule has 2 aromatic heterocycles. The van der Waals surface area contributed by atoms with E-state index >= 15 is 0 Å². The van der Waals surface area contributed by atoms with Gasteiger partial charge in [-0.1, -0.05) is 17.7 Å². The van der Waals surface area contributed by atoms with Crippen LogP contribution in [0, 0.1) is 0 Å². The molecule has 3 rings (SSSR count). The first kappa shape index (κ1) is 18.7. The summed E-state index contributed by atoms with van der Waals surface area (Å²) in [4.78, 5) is 19.0. The molecule has 0 aromatic carbocycles. The minimum absolute atomic E-state index is 0.0502. The van der Waals surface area contributed by atoms with Crippen molar-refractivity contribution in [1.82, 2.24) is 25.0 Å². The molecule has 1 aliphatic heterocycles. The quantitative estimate of drug-likeness (QED) is 0.753. The Morgan fingerprint density at radius 1 is 1.35 bits per heavy atom. The molecule has 3 heterocycles. The third kappa shape index (κ3) is 5.46. The van der Waals surface area contributed by atoms with Crippen LogP contribution in [0.15, 0.2) is 36.8 Å². The van der Waals surface area contributed by atoms with Crippen molar-refractivity contribution in [1.29, 1.82) is 0 Å². The van der Waals surface area contributed by atoms with Gasteiger partial charge in [-0.05, 0) is 50.7 Å². The fourth-order valence-electron chi connectivity index (χ4n) is 3.43. The molecule has 0 radical (unpaired) electrons. The van der Waals surface area contributed by atoms with Crippen LogP contribution in [-0.2, 0) is 13.0 Å². The molecule has 0 unspecified atom stereocenters. The number of carbonyl (C=O) groups excluding carboxylic acids is 1. The van der Waals surface area contributed by atoms with Gasteiger partial charge in [0, 0.05) is 43.8 Å². The van der Waals surface area contributed by atoms with Gasteiger partial charge in [0.15, 0.2) is 0 Å². The topological polar surface area (TPSA) is 63.1 Å². The van der Waals surface area contributed by atoms with Crippen LogP contribution in [0.25, 0.3) is 0 Å². The van der Waals surface area contributed by atoms with E-state index in [1.54, 1.807) is 17.1 Å². The summed E-state index contributed by atoms with van der Waals surface area (Å²) in [7, 11) is 0. The van der Waals surface area contributed by atoms with E-state index in [4.69, 9.17) is 11.6 Å². The normalized spacial score (nSPS) is 17.3. The summed E-state index contributed by atoms with van der Waals surface area (Å²) in [5.74, 6) is 0. The van der Waals surface area contributed by atoms with Crippen molar-refractivity contribution < 1.29 is 4.79 Å². The molecule has 1 atom stereocenters. The van der Waals surface area contributed by atoms with Gasteiger partial charge in [-0.15, -0.1) is 0 Å². The van der Waals surface area contributed by atoms with E-state index in [2.05, 4.69) is 21.5 Å². The standard InChI is InChI=1S/C19H26ClN5O/c20-16-14-23-24(15-16)12-5-11-22-19(26)25-13-4-2-7-18(25)9-8-17-6-1-3-10-21-17/h1,3,6,10,14-15,18H,2,4-5,7-9,11-13H2,(H,22,26)/t18-/m0/s1. The molecule has 1 aliphatic rings. The number of nitrogens with zero attached hydrogens (tertiary/aromatic N) is 4. The first-order chi connectivity index (χ1) is 12.7. The molecule has 2 aromatic rings. The average Bonchev–Trinajstić information content (AvgIpc) is 3.09. The summed E-state index contributed by atoms with van der Waals surface area (Å²) in [6.45, 7) is 2.23. The van der Waals surface area contributed by atoms with Crippen molar-refractivity contribution in [2.45, 2.75) is 51.1 Å². The molecule has 0 spiro atoms. The number of piperidine rings is 1. The predicted octanol–water partition coefficient (Wildman–Crippen LogP) is 3.52. The van der Waals surface area contributed by atoms with Crippen molar-refractivity contribution in [3.05, 3.63) is 47.5 Å². The molecule has 2 amide bonds. The molecule has 1 N–H and O–H groups in total. The average molecular weight is 376 g/mol. The van der Waals surface area contributed by atoms with E-state index in [-0.39, 0.29) is 6.03 Å². The zero-order chi connectivity index (χ0) is 18.2. The number of rotatable bonds is 7. The number of urea groups is 1. The zero-order valence-electron chi connectivity index (χ0n) is 15.0. The Balaban J connectivity index is 1.43. The highest BCUT2D eigenvalue weighted by Crippen LogP contribution is 2.21. The minimum Gasteiger partial charge on any atom is -0.338 e. The lowest BCUT2D eigenvalue weighted by atomic mass is 9.97. The summed E-state index contributed by atoms with van der Waals surface area (Å²) < 4.78 is 1.80. The molecule has 26 heavy (non-hydrogen) atoms. The Hall–Kier alpha value is -2.08. The Morgan fingerprint density at radius 2 is 2.27 bits per heavy atom. The number of hydrogen-bond donors (Lipinski definition) is 1. The molecule has 0 saturated carbocycles. The summed E-state index contributed by atoms with van der Waals surface area (Å²) in [5, 5.41) is 7.84. The van der Waals surface area contributed by atoms with Gasteiger partial charge in [0.25, 0.3) is 0 Å². The number of hydrogen-bond acceptors (Lipinski definition) is 3. The molecule has 0 aliphatic carbocycles. The summed E-state index contributed by atoms with van der Waals surface area (Å²) in [6.07, 6.45) is 11.3. The van der Waals surface area contributed by atoms with Crippen molar-refractivity contribution >= 4 is 17.6 Å². The van der Waals surface area contributed by atoms with Crippen molar-refractivity contribution in [2.24, 2.45) is 0 Å². The maximum Gasteiger partial charge on any atom is 0.317 e.